The van der Waals surface area contributed by atoms with Crippen molar-refractivity contribution in [1.29, 1.82) is 0 Å². The van der Waals surface area contributed by atoms with Crippen molar-refractivity contribution >= 4 is 6.03 Å². The monoisotopic (exact) mass is 370 g/mol. The van der Waals surface area contributed by atoms with Crippen LogP contribution in [-0.4, -0.2) is 37.5 Å². The first kappa shape index (κ1) is 19.0. The lowest BCUT2D eigenvalue weighted by Gasteiger charge is -2.20. The largest absolute Gasteiger partial charge is 0.497 e. The van der Waals surface area contributed by atoms with Crippen LogP contribution in [-0.2, 0) is 5.54 Å². The van der Waals surface area contributed by atoms with Crippen LogP contribution in [0.3, 0.4) is 0 Å². The van der Waals surface area contributed by atoms with E-state index in [0.29, 0.717) is 5.75 Å². The second kappa shape index (κ2) is 8.31. The van der Waals surface area contributed by atoms with Gasteiger partial charge in [-0.2, -0.15) is 0 Å². The number of methoxy groups -OCH3 is 1. The zero-order chi connectivity index (χ0) is 19.3. The molecule has 0 bridgehead atoms. The third kappa shape index (κ3) is 5.14. The van der Waals surface area contributed by atoms with Crippen molar-refractivity contribution in [1.82, 2.24) is 10.6 Å². The minimum atomic E-state index is -0.799. The number of nitrogens with one attached hydrogen (secondary N) is 2. The zero-order valence-corrected chi connectivity index (χ0v) is 15.7. The molecule has 1 aliphatic carbocycles. The fourth-order valence-corrected chi connectivity index (χ4v) is 2.95. The van der Waals surface area contributed by atoms with Crippen molar-refractivity contribution in [3.8, 4) is 11.5 Å². The molecule has 0 aromatic heterocycles. The molecule has 0 radical (unpaired) electrons. The van der Waals surface area contributed by atoms with E-state index in [4.69, 9.17) is 9.47 Å². The number of rotatable bonds is 8. The first-order valence-electron chi connectivity index (χ1n) is 9.09. The molecule has 1 aliphatic rings. The lowest BCUT2D eigenvalue weighted by molar-refractivity contribution is 0.107. The summed E-state index contributed by atoms with van der Waals surface area (Å²) in [6, 6.07) is 15.0. The van der Waals surface area contributed by atoms with Crippen molar-refractivity contribution in [3.05, 3.63) is 59.7 Å². The van der Waals surface area contributed by atoms with Crippen LogP contribution in [0.1, 0.15) is 24.0 Å². The number of aliphatic hydroxyl groups is 1. The van der Waals surface area contributed by atoms with Crippen molar-refractivity contribution in [3.63, 3.8) is 0 Å². The molecule has 0 unspecified atom stereocenters. The molecular formula is C21H26N2O4. The Morgan fingerprint density at radius 1 is 1.19 bits per heavy atom. The van der Waals surface area contributed by atoms with Gasteiger partial charge in [-0.05, 0) is 49.6 Å². The van der Waals surface area contributed by atoms with Gasteiger partial charge >= 0.3 is 6.03 Å². The van der Waals surface area contributed by atoms with Crippen LogP contribution in [0.2, 0.25) is 0 Å². The molecular weight excluding hydrogens is 344 g/mol. The summed E-state index contributed by atoms with van der Waals surface area (Å²) in [6.07, 6.45) is 1.05. The van der Waals surface area contributed by atoms with Crippen molar-refractivity contribution in [2.45, 2.75) is 31.4 Å². The van der Waals surface area contributed by atoms with Gasteiger partial charge in [0, 0.05) is 6.54 Å². The van der Waals surface area contributed by atoms with E-state index in [1.807, 2.05) is 25.1 Å². The highest BCUT2D eigenvalue weighted by atomic mass is 16.5. The maximum atomic E-state index is 12.2. The number of hydrogen-bond acceptors (Lipinski definition) is 4. The van der Waals surface area contributed by atoms with Gasteiger partial charge in [0.15, 0.2) is 0 Å². The molecule has 2 amide bonds. The molecule has 6 heteroatoms. The van der Waals surface area contributed by atoms with Gasteiger partial charge in [-0.1, -0.05) is 29.8 Å². The second-order valence-corrected chi connectivity index (χ2v) is 6.93. The summed E-state index contributed by atoms with van der Waals surface area (Å²) in [4.78, 5) is 12.2. The van der Waals surface area contributed by atoms with Gasteiger partial charge in [-0.3, -0.25) is 0 Å². The maximum absolute atomic E-state index is 12.2. The van der Waals surface area contributed by atoms with Crippen molar-refractivity contribution in [2.24, 2.45) is 0 Å². The average molecular weight is 370 g/mol. The Morgan fingerprint density at radius 2 is 1.89 bits per heavy atom. The predicted molar refractivity (Wildman–Crippen MR) is 103 cm³/mol. The lowest BCUT2D eigenvalue weighted by Crippen LogP contribution is -2.45. The molecule has 0 aliphatic heterocycles. The van der Waals surface area contributed by atoms with E-state index < -0.39 is 6.10 Å². The SMILES string of the molecule is COc1ccc(OC[C@@H](O)CNC(=O)NC2(c3cccc(C)c3)CC2)cc1. The molecule has 3 rings (SSSR count). The van der Waals surface area contributed by atoms with Crippen LogP contribution in [0.15, 0.2) is 48.5 Å². The molecule has 1 saturated carbocycles. The summed E-state index contributed by atoms with van der Waals surface area (Å²) in [7, 11) is 1.60. The van der Waals surface area contributed by atoms with E-state index in [2.05, 4.69) is 16.7 Å². The third-order valence-corrected chi connectivity index (χ3v) is 4.67. The van der Waals surface area contributed by atoms with Gasteiger partial charge in [-0.15, -0.1) is 0 Å². The molecule has 2 aromatic carbocycles. The van der Waals surface area contributed by atoms with Gasteiger partial charge in [-0.25, -0.2) is 4.79 Å². The van der Waals surface area contributed by atoms with Crippen LogP contribution in [0.5, 0.6) is 11.5 Å². The molecule has 3 N–H and O–H groups in total. The highest BCUT2D eigenvalue weighted by molar-refractivity contribution is 5.75. The Hall–Kier alpha value is -2.73. The molecule has 1 fully saturated rings. The number of carbonyl (C=O) groups excluding carboxylic acids is 1. The topological polar surface area (TPSA) is 79.8 Å². The van der Waals surface area contributed by atoms with Gasteiger partial charge in [0.25, 0.3) is 0 Å². The fraction of sp³-hybridized carbons (Fsp3) is 0.381. The number of benzene rings is 2. The second-order valence-electron chi connectivity index (χ2n) is 6.93. The quantitative estimate of drug-likeness (QED) is 0.668. The molecule has 144 valence electrons. The standard InChI is InChI=1S/C21H26N2O4/c1-15-4-3-5-16(12-15)21(10-11-21)23-20(25)22-13-17(24)14-27-19-8-6-18(26-2)7-9-19/h3-9,12,17,24H,10-11,13-14H2,1-2H3,(H2,22,23,25)/t17-/m0/s1. The minimum Gasteiger partial charge on any atom is -0.497 e. The Bertz CT molecular complexity index is 772. The van der Waals surface area contributed by atoms with E-state index >= 15 is 0 Å². The van der Waals surface area contributed by atoms with E-state index in [0.717, 1.165) is 24.2 Å². The normalized spacial score (nSPS) is 15.5. The number of amides is 2. The molecule has 1 atom stereocenters. The van der Waals surface area contributed by atoms with Crippen LogP contribution < -0.4 is 20.1 Å². The zero-order valence-electron chi connectivity index (χ0n) is 15.7. The van der Waals surface area contributed by atoms with Gasteiger partial charge < -0.3 is 25.2 Å². The Labute approximate surface area is 159 Å². The first-order valence-corrected chi connectivity index (χ1v) is 9.09. The van der Waals surface area contributed by atoms with Crippen LogP contribution in [0.25, 0.3) is 0 Å². The minimum absolute atomic E-state index is 0.0929. The Kier molecular flexibility index (Phi) is 5.86. The molecule has 0 heterocycles. The van der Waals surface area contributed by atoms with Gasteiger partial charge in [0.2, 0.25) is 0 Å². The molecule has 2 aromatic rings. The summed E-state index contributed by atoms with van der Waals surface area (Å²) < 4.78 is 10.6. The molecule has 0 spiro atoms. The number of ether oxygens (including phenoxy) is 2. The fourth-order valence-electron chi connectivity index (χ4n) is 2.95. The highest BCUT2D eigenvalue weighted by Gasteiger charge is 2.45. The number of urea groups is 1. The highest BCUT2D eigenvalue weighted by Crippen LogP contribution is 2.45. The van der Waals surface area contributed by atoms with E-state index in [1.54, 1.807) is 31.4 Å². The molecule has 0 saturated heterocycles. The first-order chi connectivity index (χ1) is 13.0. The maximum Gasteiger partial charge on any atom is 0.315 e. The molecule has 6 nitrogen and oxygen atoms in total. The molecule has 27 heavy (non-hydrogen) atoms. The van der Waals surface area contributed by atoms with Crippen LogP contribution in [0.4, 0.5) is 4.79 Å². The summed E-state index contributed by atoms with van der Waals surface area (Å²) in [5.41, 5.74) is 2.02. The number of carbonyl (C=O) groups is 1. The summed E-state index contributed by atoms with van der Waals surface area (Å²) in [5.74, 6) is 1.37. The summed E-state index contributed by atoms with van der Waals surface area (Å²) >= 11 is 0. The van der Waals surface area contributed by atoms with Gasteiger partial charge in [0.05, 0.1) is 12.6 Å². The average Bonchev–Trinajstić information content (AvgIpc) is 3.46. The van der Waals surface area contributed by atoms with Gasteiger partial charge in [0.1, 0.15) is 24.2 Å². The predicted octanol–water partition coefficient (Wildman–Crippen LogP) is 2.73. The number of aliphatic hydroxyl groups excluding tert-OH is 1. The Morgan fingerprint density at radius 3 is 2.52 bits per heavy atom. The number of aryl methyl sites for hydroxylation is 1. The summed E-state index contributed by atoms with van der Waals surface area (Å²) in [6.45, 7) is 2.25. The van der Waals surface area contributed by atoms with Crippen LogP contribution in [0, 0.1) is 6.92 Å². The van der Waals surface area contributed by atoms with E-state index in [-0.39, 0.29) is 24.7 Å². The van der Waals surface area contributed by atoms with Crippen molar-refractivity contribution in [2.75, 3.05) is 20.3 Å². The van der Waals surface area contributed by atoms with Crippen LogP contribution >= 0.6 is 0 Å². The lowest BCUT2D eigenvalue weighted by atomic mass is 10.0. The smallest absolute Gasteiger partial charge is 0.315 e. The van der Waals surface area contributed by atoms with E-state index in [1.165, 1.54) is 5.56 Å². The third-order valence-electron chi connectivity index (χ3n) is 4.67. The number of hydrogen-bond donors (Lipinski definition) is 3. The summed E-state index contributed by atoms with van der Waals surface area (Å²) in [5, 5.41) is 15.8. The van der Waals surface area contributed by atoms with E-state index in [9.17, 15) is 9.90 Å². The van der Waals surface area contributed by atoms with Crippen molar-refractivity contribution < 1.29 is 19.4 Å². The Balaban J connectivity index is 1.42.